The molecule has 0 N–H and O–H groups in total. The van der Waals surface area contributed by atoms with Crippen molar-refractivity contribution in [3.05, 3.63) is 59.7 Å². The Morgan fingerprint density at radius 3 is 2.21 bits per heavy atom. The maximum absolute atomic E-state index is 12.2. The van der Waals surface area contributed by atoms with Crippen molar-refractivity contribution >= 4 is 21.8 Å². The first-order chi connectivity index (χ1) is 11.2. The van der Waals surface area contributed by atoms with Crippen LogP contribution in [0.2, 0.25) is 0 Å². The molecule has 6 nitrogen and oxygen atoms in total. The lowest BCUT2D eigenvalue weighted by Gasteiger charge is -2.12. The van der Waals surface area contributed by atoms with E-state index >= 15 is 0 Å². The molecule has 0 spiro atoms. The summed E-state index contributed by atoms with van der Waals surface area (Å²) < 4.78 is 30.5. The van der Waals surface area contributed by atoms with Crippen LogP contribution in [0.5, 0.6) is 5.75 Å². The van der Waals surface area contributed by atoms with Gasteiger partial charge in [0.2, 0.25) is 10.0 Å². The van der Waals surface area contributed by atoms with Crippen molar-refractivity contribution in [2.24, 2.45) is 0 Å². The van der Waals surface area contributed by atoms with E-state index in [2.05, 4.69) is 0 Å². The summed E-state index contributed by atoms with van der Waals surface area (Å²) in [5, 5.41) is 0. The predicted octanol–water partition coefficient (Wildman–Crippen LogP) is 2.36. The molecule has 24 heavy (non-hydrogen) atoms. The third-order valence-electron chi connectivity index (χ3n) is 3.30. The predicted molar refractivity (Wildman–Crippen MR) is 88.7 cm³/mol. The molecular formula is C17H17NO5S. The van der Waals surface area contributed by atoms with Crippen LogP contribution in [0.3, 0.4) is 0 Å². The number of hydrogen-bond donors (Lipinski definition) is 0. The zero-order chi connectivity index (χ0) is 17.9. The van der Waals surface area contributed by atoms with Crippen molar-refractivity contribution in [2.45, 2.75) is 11.8 Å². The first-order valence-corrected chi connectivity index (χ1v) is 8.51. The van der Waals surface area contributed by atoms with Gasteiger partial charge in [-0.2, -0.15) is 0 Å². The average molecular weight is 347 g/mol. The number of hydrogen-bond acceptors (Lipinski definition) is 5. The highest BCUT2D eigenvalue weighted by atomic mass is 32.2. The molecule has 0 aromatic heterocycles. The molecule has 0 heterocycles. The van der Waals surface area contributed by atoms with Gasteiger partial charge < -0.3 is 4.74 Å². The molecule has 0 unspecified atom stereocenters. The van der Waals surface area contributed by atoms with E-state index in [9.17, 15) is 18.0 Å². The Kier molecular flexibility index (Phi) is 5.16. The maximum atomic E-state index is 12.2. The van der Waals surface area contributed by atoms with Crippen molar-refractivity contribution in [1.82, 2.24) is 4.31 Å². The molecule has 2 rings (SSSR count). The summed E-state index contributed by atoms with van der Waals surface area (Å²) in [6, 6.07) is 11.8. The molecule has 7 heteroatoms. The molecule has 0 radical (unpaired) electrons. The highest BCUT2D eigenvalue weighted by Gasteiger charge is 2.19. The Balaban J connectivity index is 2.28. The van der Waals surface area contributed by atoms with Gasteiger partial charge in [0.25, 0.3) is 0 Å². The first kappa shape index (κ1) is 17.8. The Hall–Kier alpha value is -2.51. The maximum Gasteiger partial charge on any atom is 0.343 e. The molecule has 0 amide bonds. The van der Waals surface area contributed by atoms with Crippen LogP contribution < -0.4 is 4.74 Å². The van der Waals surface area contributed by atoms with Crippen molar-refractivity contribution < 1.29 is 22.7 Å². The van der Waals surface area contributed by atoms with Gasteiger partial charge in [0, 0.05) is 19.7 Å². The molecule has 0 aliphatic heterocycles. The van der Waals surface area contributed by atoms with Crippen LogP contribution in [-0.2, 0) is 10.0 Å². The molecule has 0 saturated carbocycles. The number of sulfonamides is 1. The van der Waals surface area contributed by atoms with Crippen LogP contribution in [-0.4, -0.2) is 38.6 Å². The van der Waals surface area contributed by atoms with Crippen molar-refractivity contribution in [3.8, 4) is 5.75 Å². The average Bonchev–Trinajstić information content (AvgIpc) is 2.55. The first-order valence-electron chi connectivity index (χ1n) is 7.07. The van der Waals surface area contributed by atoms with Gasteiger partial charge in [0.1, 0.15) is 5.75 Å². The van der Waals surface area contributed by atoms with Crippen LogP contribution in [0, 0.1) is 0 Å². The van der Waals surface area contributed by atoms with Crippen LogP contribution in [0.4, 0.5) is 0 Å². The number of benzene rings is 2. The Labute approximate surface area is 140 Å². The largest absolute Gasteiger partial charge is 0.423 e. The zero-order valence-electron chi connectivity index (χ0n) is 13.5. The smallest absolute Gasteiger partial charge is 0.343 e. The van der Waals surface area contributed by atoms with E-state index < -0.39 is 16.0 Å². The van der Waals surface area contributed by atoms with Gasteiger partial charge >= 0.3 is 5.97 Å². The van der Waals surface area contributed by atoms with Gasteiger partial charge in [-0.25, -0.2) is 17.5 Å². The summed E-state index contributed by atoms with van der Waals surface area (Å²) in [7, 11) is -0.822. The van der Waals surface area contributed by atoms with Crippen LogP contribution >= 0.6 is 0 Å². The number of Topliss-reactive ketones (excluding diaryl/α,β-unsaturated/α-hetero) is 1. The fraction of sp³-hybridized carbons (Fsp3) is 0.176. The quantitative estimate of drug-likeness (QED) is 0.471. The molecule has 0 bridgehead atoms. The van der Waals surface area contributed by atoms with E-state index in [1.807, 2.05) is 0 Å². The fourth-order valence-corrected chi connectivity index (χ4v) is 2.89. The second-order valence-corrected chi connectivity index (χ2v) is 7.44. The molecule has 0 fully saturated rings. The minimum absolute atomic E-state index is 0.000522. The molecule has 126 valence electrons. The van der Waals surface area contributed by atoms with Gasteiger partial charge in [-0.15, -0.1) is 0 Å². The van der Waals surface area contributed by atoms with Gasteiger partial charge in [-0.1, -0.05) is 18.2 Å². The SMILES string of the molecule is CC(=O)c1cccc(OC(=O)c2cccc(S(=O)(=O)N(C)C)c2)c1. The van der Waals surface area contributed by atoms with Crippen molar-refractivity contribution in [1.29, 1.82) is 0 Å². The lowest BCUT2D eigenvalue weighted by atomic mass is 10.1. The van der Waals surface area contributed by atoms with Crippen LogP contribution in [0.25, 0.3) is 0 Å². The summed E-state index contributed by atoms with van der Waals surface area (Å²) in [6.07, 6.45) is 0. The molecular weight excluding hydrogens is 330 g/mol. The third-order valence-corrected chi connectivity index (χ3v) is 5.11. The monoisotopic (exact) mass is 347 g/mol. The minimum Gasteiger partial charge on any atom is -0.423 e. The Bertz CT molecular complexity index is 887. The summed E-state index contributed by atoms with van der Waals surface area (Å²) in [5.74, 6) is -0.632. The van der Waals surface area contributed by atoms with E-state index in [-0.39, 0.29) is 22.0 Å². The molecule has 2 aromatic carbocycles. The number of ether oxygens (including phenoxy) is 1. The summed E-state index contributed by atoms with van der Waals surface area (Å²) in [5.41, 5.74) is 0.524. The summed E-state index contributed by atoms with van der Waals surface area (Å²) in [6.45, 7) is 1.41. The fourth-order valence-electron chi connectivity index (χ4n) is 1.94. The highest BCUT2D eigenvalue weighted by molar-refractivity contribution is 7.89. The van der Waals surface area contributed by atoms with Crippen LogP contribution in [0.1, 0.15) is 27.6 Å². The number of carbonyl (C=O) groups excluding carboxylic acids is 2. The number of esters is 1. The summed E-state index contributed by atoms with van der Waals surface area (Å²) in [4.78, 5) is 23.6. The van der Waals surface area contributed by atoms with Gasteiger partial charge in [-0.05, 0) is 37.3 Å². The second-order valence-electron chi connectivity index (χ2n) is 5.29. The molecule has 0 aliphatic rings. The van der Waals surface area contributed by atoms with E-state index in [1.165, 1.54) is 51.4 Å². The number of carbonyl (C=O) groups is 2. The summed E-state index contributed by atoms with van der Waals surface area (Å²) >= 11 is 0. The van der Waals surface area contributed by atoms with Crippen molar-refractivity contribution in [2.75, 3.05) is 14.1 Å². The number of rotatable bonds is 5. The Morgan fingerprint density at radius 2 is 1.58 bits per heavy atom. The molecule has 2 aromatic rings. The van der Waals surface area contributed by atoms with Crippen LogP contribution in [0.15, 0.2) is 53.4 Å². The topological polar surface area (TPSA) is 80.8 Å². The van der Waals surface area contributed by atoms with E-state index in [1.54, 1.807) is 18.2 Å². The van der Waals surface area contributed by atoms with E-state index in [0.717, 1.165) is 4.31 Å². The molecule has 0 aliphatic carbocycles. The molecule has 0 saturated heterocycles. The zero-order valence-corrected chi connectivity index (χ0v) is 14.3. The lowest BCUT2D eigenvalue weighted by molar-refractivity contribution is 0.0733. The highest BCUT2D eigenvalue weighted by Crippen LogP contribution is 2.18. The van der Waals surface area contributed by atoms with E-state index in [0.29, 0.717) is 5.56 Å². The minimum atomic E-state index is -3.64. The van der Waals surface area contributed by atoms with E-state index in [4.69, 9.17) is 4.74 Å². The second kappa shape index (κ2) is 6.94. The van der Waals surface area contributed by atoms with Crippen molar-refractivity contribution in [3.63, 3.8) is 0 Å². The third kappa shape index (κ3) is 3.87. The van der Waals surface area contributed by atoms with Gasteiger partial charge in [0.05, 0.1) is 10.5 Å². The lowest BCUT2D eigenvalue weighted by Crippen LogP contribution is -2.22. The standard InChI is InChI=1S/C17H17NO5S/c1-12(19)13-6-4-8-15(10-13)23-17(20)14-7-5-9-16(11-14)24(21,22)18(2)3/h4-11H,1-3H3. The van der Waals surface area contributed by atoms with Gasteiger partial charge in [-0.3, -0.25) is 4.79 Å². The normalized spacial score (nSPS) is 11.3. The number of ketones is 1. The number of nitrogens with zero attached hydrogens (tertiary/aromatic N) is 1. The van der Waals surface area contributed by atoms with Gasteiger partial charge in [0.15, 0.2) is 5.78 Å². The Morgan fingerprint density at radius 1 is 0.958 bits per heavy atom. The molecule has 0 atom stereocenters.